The van der Waals surface area contributed by atoms with Gasteiger partial charge >= 0.3 is 11.9 Å². The number of hydrogen-bond donors (Lipinski definition) is 2. The molecule has 0 amide bonds. The van der Waals surface area contributed by atoms with Gasteiger partial charge in [0.15, 0.2) is 0 Å². The number of aromatic carboxylic acids is 2. The van der Waals surface area contributed by atoms with Crippen molar-refractivity contribution in [2.75, 3.05) is 0 Å². The predicted molar refractivity (Wildman–Crippen MR) is 45.1 cm³/mol. The van der Waals surface area contributed by atoms with Crippen LogP contribution in [0.15, 0.2) is 18.2 Å². The molecule has 14 heavy (non-hydrogen) atoms. The molecule has 2 N–H and O–H groups in total. The summed E-state index contributed by atoms with van der Waals surface area (Å²) in [6.45, 7) is 0. The fourth-order valence-electron chi connectivity index (χ4n) is 0.977. The third kappa shape index (κ3) is 1.69. The molecule has 0 saturated heterocycles. The van der Waals surface area contributed by atoms with Crippen LogP contribution in [0.5, 0.6) is 0 Å². The van der Waals surface area contributed by atoms with E-state index in [1.807, 2.05) is 0 Å². The molecule has 70 valence electrons. The molecule has 0 atom stereocenters. The van der Waals surface area contributed by atoms with Crippen LogP contribution in [0.2, 0.25) is 0 Å². The molecule has 0 fully saturated rings. The van der Waals surface area contributed by atoms with E-state index < -0.39 is 11.9 Å². The molecule has 0 aliphatic rings. The minimum absolute atomic E-state index is 0.118. The summed E-state index contributed by atoms with van der Waals surface area (Å²) in [7, 11) is 0. The van der Waals surface area contributed by atoms with Crippen LogP contribution in [0.25, 0.3) is 0 Å². The first-order chi connectivity index (χ1) is 6.56. The Labute approximate surface area is 78.8 Å². The van der Waals surface area contributed by atoms with E-state index in [4.69, 9.17) is 15.5 Å². The summed E-state index contributed by atoms with van der Waals surface area (Å²) in [4.78, 5) is 21.2. The van der Waals surface area contributed by atoms with Crippen LogP contribution in [-0.2, 0) is 0 Å². The zero-order chi connectivity index (χ0) is 10.7. The number of carbonyl (C=O) groups is 2. The van der Waals surface area contributed by atoms with E-state index >= 15 is 0 Å². The van der Waals surface area contributed by atoms with Gasteiger partial charge in [0.05, 0.1) is 22.8 Å². The van der Waals surface area contributed by atoms with E-state index in [2.05, 4.69) is 0 Å². The van der Waals surface area contributed by atoms with E-state index in [-0.39, 0.29) is 16.7 Å². The summed E-state index contributed by atoms with van der Waals surface area (Å²) >= 11 is 0. The maximum atomic E-state index is 10.6. The molecule has 5 nitrogen and oxygen atoms in total. The largest absolute Gasteiger partial charge is 0.478 e. The highest BCUT2D eigenvalue weighted by Crippen LogP contribution is 2.11. The van der Waals surface area contributed by atoms with Crippen LogP contribution in [-0.4, -0.2) is 22.2 Å². The Morgan fingerprint density at radius 3 is 2.14 bits per heavy atom. The monoisotopic (exact) mass is 191 g/mol. The zero-order valence-corrected chi connectivity index (χ0v) is 6.89. The summed E-state index contributed by atoms with van der Waals surface area (Å²) in [5.41, 5.74) is -0.583. The zero-order valence-electron chi connectivity index (χ0n) is 6.89. The number of hydrogen-bond acceptors (Lipinski definition) is 3. The van der Waals surface area contributed by atoms with Gasteiger partial charge in [-0.1, -0.05) is 0 Å². The van der Waals surface area contributed by atoms with Gasteiger partial charge < -0.3 is 10.2 Å². The minimum atomic E-state index is -1.36. The van der Waals surface area contributed by atoms with Gasteiger partial charge in [-0.25, -0.2) is 9.59 Å². The third-order valence-corrected chi connectivity index (χ3v) is 1.61. The SMILES string of the molecule is N#Cc1ccc(C(=O)O)c(C(=O)O)c1. The molecule has 0 aromatic heterocycles. The molecule has 0 saturated carbocycles. The van der Waals surface area contributed by atoms with E-state index in [1.165, 1.54) is 6.07 Å². The van der Waals surface area contributed by atoms with Crippen LogP contribution in [0.1, 0.15) is 26.3 Å². The number of benzene rings is 1. The first-order valence-electron chi connectivity index (χ1n) is 3.57. The summed E-state index contributed by atoms with van der Waals surface area (Å²) in [5, 5.41) is 25.8. The van der Waals surface area contributed by atoms with E-state index in [1.54, 1.807) is 6.07 Å². The number of carboxylic acids is 2. The fourth-order valence-corrected chi connectivity index (χ4v) is 0.977. The summed E-state index contributed by atoms with van der Waals surface area (Å²) in [6, 6.07) is 5.13. The molecule has 0 unspecified atom stereocenters. The van der Waals surface area contributed by atoms with Crippen molar-refractivity contribution in [2.24, 2.45) is 0 Å². The van der Waals surface area contributed by atoms with Crippen LogP contribution >= 0.6 is 0 Å². The van der Waals surface area contributed by atoms with Crippen LogP contribution in [0, 0.1) is 11.3 Å². The smallest absolute Gasteiger partial charge is 0.336 e. The van der Waals surface area contributed by atoms with Crippen LogP contribution in [0.3, 0.4) is 0 Å². The summed E-state index contributed by atoms with van der Waals surface area (Å²) in [5.74, 6) is -2.69. The second kappa shape index (κ2) is 3.58. The normalized spacial score (nSPS) is 9.07. The molecule has 0 bridgehead atoms. The van der Waals surface area contributed by atoms with Gasteiger partial charge in [-0.15, -0.1) is 0 Å². The first kappa shape index (κ1) is 9.74. The van der Waals surface area contributed by atoms with Crippen LogP contribution < -0.4 is 0 Å². The Kier molecular flexibility index (Phi) is 2.49. The van der Waals surface area contributed by atoms with Crippen molar-refractivity contribution in [3.63, 3.8) is 0 Å². The Bertz CT molecular complexity index is 445. The van der Waals surface area contributed by atoms with Gasteiger partial charge in [0.25, 0.3) is 0 Å². The van der Waals surface area contributed by atoms with Crippen molar-refractivity contribution in [1.29, 1.82) is 5.26 Å². The number of nitriles is 1. The summed E-state index contributed by atoms with van der Waals surface area (Å²) in [6.07, 6.45) is 0. The molecular formula is C9H5NO4. The van der Waals surface area contributed by atoms with Gasteiger partial charge in [-0.3, -0.25) is 0 Å². The highest BCUT2D eigenvalue weighted by atomic mass is 16.4. The molecule has 1 aromatic rings. The summed E-state index contributed by atoms with van der Waals surface area (Å²) < 4.78 is 0. The van der Waals surface area contributed by atoms with E-state index in [0.29, 0.717) is 0 Å². The minimum Gasteiger partial charge on any atom is -0.478 e. The lowest BCUT2D eigenvalue weighted by molar-refractivity contribution is 0.0651. The molecular weight excluding hydrogens is 186 g/mol. The Balaban J connectivity index is 3.40. The van der Waals surface area contributed by atoms with Gasteiger partial charge in [-0.2, -0.15) is 5.26 Å². The van der Waals surface area contributed by atoms with Crippen molar-refractivity contribution in [2.45, 2.75) is 0 Å². The van der Waals surface area contributed by atoms with Crippen molar-refractivity contribution in [1.82, 2.24) is 0 Å². The Morgan fingerprint density at radius 2 is 1.71 bits per heavy atom. The standard InChI is InChI=1S/C9H5NO4/c10-4-5-1-2-6(8(11)12)7(3-5)9(13)14/h1-3H,(H,11,12)(H,13,14). The molecule has 0 spiro atoms. The topological polar surface area (TPSA) is 98.4 Å². The number of carboxylic acid groups (broad SMARTS) is 2. The van der Waals surface area contributed by atoms with Crippen molar-refractivity contribution < 1.29 is 19.8 Å². The van der Waals surface area contributed by atoms with Crippen molar-refractivity contribution in [3.05, 3.63) is 34.9 Å². The Hall–Kier alpha value is -2.35. The lowest BCUT2D eigenvalue weighted by atomic mass is 10.0. The molecule has 0 aliphatic heterocycles. The maximum Gasteiger partial charge on any atom is 0.336 e. The van der Waals surface area contributed by atoms with Crippen molar-refractivity contribution >= 4 is 11.9 Å². The average Bonchev–Trinajstić information content (AvgIpc) is 2.16. The Morgan fingerprint density at radius 1 is 1.14 bits per heavy atom. The number of rotatable bonds is 2. The highest BCUT2D eigenvalue weighted by molar-refractivity contribution is 6.01. The van der Waals surface area contributed by atoms with Crippen molar-refractivity contribution in [3.8, 4) is 6.07 Å². The second-order valence-corrected chi connectivity index (χ2v) is 2.48. The van der Waals surface area contributed by atoms with Gasteiger partial charge in [0.2, 0.25) is 0 Å². The molecule has 5 heteroatoms. The van der Waals surface area contributed by atoms with E-state index in [9.17, 15) is 9.59 Å². The lowest BCUT2D eigenvalue weighted by Crippen LogP contribution is -2.08. The predicted octanol–water partition coefficient (Wildman–Crippen LogP) is 0.955. The van der Waals surface area contributed by atoms with E-state index in [0.717, 1.165) is 12.1 Å². The van der Waals surface area contributed by atoms with Gasteiger partial charge in [0, 0.05) is 0 Å². The lowest BCUT2D eigenvalue weighted by Gasteiger charge is -2.00. The number of nitrogens with zero attached hydrogens (tertiary/aromatic N) is 1. The molecule has 1 aromatic carbocycles. The quantitative estimate of drug-likeness (QED) is 0.725. The second-order valence-electron chi connectivity index (χ2n) is 2.48. The molecule has 0 radical (unpaired) electrons. The maximum absolute atomic E-state index is 10.6. The van der Waals surface area contributed by atoms with Gasteiger partial charge in [-0.05, 0) is 18.2 Å². The molecule has 1 rings (SSSR count). The molecule has 0 heterocycles. The van der Waals surface area contributed by atoms with Gasteiger partial charge in [0.1, 0.15) is 0 Å². The first-order valence-corrected chi connectivity index (χ1v) is 3.57. The van der Waals surface area contributed by atoms with Crippen LogP contribution in [0.4, 0.5) is 0 Å². The highest BCUT2D eigenvalue weighted by Gasteiger charge is 2.15. The average molecular weight is 191 g/mol. The fraction of sp³-hybridized carbons (Fsp3) is 0. The third-order valence-electron chi connectivity index (χ3n) is 1.61. The molecule has 0 aliphatic carbocycles.